The van der Waals surface area contributed by atoms with Crippen LogP contribution in [0.5, 0.6) is 0 Å². The zero-order valence-electron chi connectivity index (χ0n) is 10.6. The average molecular weight is 313 g/mol. The molecule has 0 fully saturated rings. The van der Waals surface area contributed by atoms with Crippen LogP contribution in [0.1, 0.15) is 23.0 Å². The maximum absolute atomic E-state index is 13.6. The number of halogens is 3. The van der Waals surface area contributed by atoms with Crippen LogP contribution in [0.2, 0.25) is 10.2 Å². The third kappa shape index (κ3) is 3.46. The first-order valence-corrected chi connectivity index (χ1v) is 6.68. The molecule has 1 aromatic heterocycles. The highest BCUT2D eigenvalue weighted by Crippen LogP contribution is 2.20. The minimum atomic E-state index is -0.596. The van der Waals surface area contributed by atoms with Gasteiger partial charge in [-0.05, 0) is 36.8 Å². The van der Waals surface area contributed by atoms with Gasteiger partial charge in [0.2, 0.25) is 0 Å². The minimum Gasteiger partial charge on any atom is -0.319 e. The highest BCUT2D eigenvalue weighted by atomic mass is 35.5. The molecule has 1 amide bonds. The maximum atomic E-state index is 13.6. The first kappa shape index (κ1) is 14.8. The maximum Gasteiger partial charge on any atom is 0.255 e. The fourth-order valence-electron chi connectivity index (χ4n) is 1.65. The van der Waals surface area contributed by atoms with Gasteiger partial charge in [0.15, 0.2) is 0 Å². The average Bonchev–Trinajstić information content (AvgIpc) is 2.41. The normalized spacial score (nSPS) is 10.4. The Labute approximate surface area is 125 Å². The summed E-state index contributed by atoms with van der Waals surface area (Å²) in [6, 6.07) is 7.09. The smallest absolute Gasteiger partial charge is 0.255 e. The third-order valence-electron chi connectivity index (χ3n) is 2.65. The van der Waals surface area contributed by atoms with Crippen molar-refractivity contribution in [2.45, 2.75) is 13.3 Å². The lowest BCUT2D eigenvalue weighted by Gasteiger charge is -2.08. The molecule has 3 nitrogen and oxygen atoms in total. The molecular formula is C14H11Cl2FN2O. The van der Waals surface area contributed by atoms with Gasteiger partial charge in [-0.2, -0.15) is 0 Å². The van der Waals surface area contributed by atoms with Crippen molar-refractivity contribution in [2.75, 3.05) is 5.32 Å². The van der Waals surface area contributed by atoms with Crippen LogP contribution < -0.4 is 5.32 Å². The van der Waals surface area contributed by atoms with E-state index in [1.54, 1.807) is 6.07 Å². The summed E-state index contributed by atoms with van der Waals surface area (Å²) < 4.78 is 13.6. The predicted molar refractivity (Wildman–Crippen MR) is 78.0 cm³/mol. The van der Waals surface area contributed by atoms with E-state index in [1.165, 1.54) is 18.2 Å². The molecule has 0 atom stereocenters. The lowest BCUT2D eigenvalue weighted by atomic mass is 10.2. The number of hydrogen-bond donors (Lipinski definition) is 1. The number of anilines is 1. The van der Waals surface area contributed by atoms with Gasteiger partial charge >= 0.3 is 0 Å². The first-order chi connectivity index (χ1) is 9.49. The van der Waals surface area contributed by atoms with E-state index in [9.17, 15) is 9.18 Å². The van der Waals surface area contributed by atoms with Crippen molar-refractivity contribution in [3.8, 4) is 0 Å². The fraction of sp³-hybridized carbons (Fsp3) is 0.143. The molecule has 1 N–H and O–H groups in total. The summed E-state index contributed by atoms with van der Waals surface area (Å²) in [5.41, 5.74) is 1.08. The van der Waals surface area contributed by atoms with E-state index < -0.39 is 11.7 Å². The number of amides is 1. The van der Waals surface area contributed by atoms with Crippen molar-refractivity contribution >= 4 is 34.8 Å². The van der Waals surface area contributed by atoms with Crippen molar-refractivity contribution in [3.63, 3.8) is 0 Å². The number of carbonyl (C=O) groups excluding carboxylic acids is 1. The van der Waals surface area contributed by atoms with Gasteiger partial charge in [0.05, 0.1) is 5.69 Å². The zero-order valence-corrected chi connectivity index (χ0v) is 12.1. The monoisotopic (exact) mass is 312 g/mol. The molecule has 0 spiro atoms. The molecule has 0 aliphatic heterocycles. The van der Waals surface area contributed by atoms with E-state index in [4.69, 9.17) is 23.2 Å². The topological polar surface area (TPSA) is 42.0 Å². The SMILES string of the molecule is CCc1cc(C(=O)Nc2ccc(Cl)cc2F)cc(Cl)n1. The second kappa shape index (κ2) is 6.20. The van der Waals surface area contributed by atoms with Gasteiger partial charge in [-0.15, -0.1) is 0 Å². The molecule has 0 saturated carbocycles. The number of rotatable bonds is 3. The Balaban J connectivity index is 2.26. The number of pyridine rings is 1. The van der Waals surface area contributed by atoms with Crippen molar-refractivity contribution in [1.82, 2.24) is 4.98 Å². The summed E-state index contributed by atoms with van der Waals surface area (Å²) in [6.45, 7) is 1.90. The number of hydrogen-bond acceptors (Lipinski definition) is 2. The molecule has 6 heteroatoms. The summed E-state index contributed by atoms with van der Waals surface area (Å²) in [7, 11) is 0. The van der Waals surface area contributed by atoms with E-state index in [0.717, 1.165) is 6.07 Å². The van der Waals surface area contributed by atoms with Crippen molar-refractivity contribution in [1.29, 1.82) is 0 Å². The highest BCUT2D eigenvalue weighted by Gasteiger charge is 2.11. The Hall–Kier alpha value is -1.65. The first-order valence-electron chi connectivity index (χ1n) is 5.92. The largest absolute Gasteiger partial charge is 0.319 e. The Morgan fingerprint density at radius 1 is 1.30 bits per heavy atom. The molecule has 1 aromatic carbocycles. The summed E-state index contributed by atoms with van der Waals surface area (Å²) in [5.74, 6) is -1.05. The van der Waals surface area contributed by atoms with E-state index in [-0.39, 0.29) is 15.9 Å². The molecule has 1 heterocycles. The summed E-state index contributed by atoms with van der Waals surface area (Å²) in [4.78, 5) is 16.1. The standard InChI is InChI=1S/C14H11Cl2FN2O/c1-2-10-5-8(6-13(16)18-10)14(20)19-12-4-3-9(15)7-11(12)17/h3-7H,2H2,1H3,(H,19,20). The number of carbonyl (C=O) groups is 1. The Morgan fingerprint density at radius 2 is 2.05 bits per heavy atom. The van der Waals surface area contributed by atoms with E-state index >= 15 is 0 Å². The van der Waals surface area contributed by atoms with Gasteiger partial charge in [-0.25, -0.2) is 9.37 Å². The molecule has 0 bridgehead atoms. The number of benzene rings is 1. The zero-order chi connectivity index (χ0) is 14.7. The Morgan fingerprint density at radius 3 is 2.70 bits per heavy atom. The summed E-state index contributed by atoms with van der Waals surface area (Å²) >= 11 is 11.5. The Bertz CT molecular complexity index is 662. The van der Waals surface area contributed by atoms with Gasteiger partial charge < -0.3 is 5.32 Å². The van der Waals surface area contributed by atoms with Gasteiger partial charge in [0, 0.05) is 16.3 Å². The third-order valence-corrected chi connectivity index (χ3v) is 3.08. The summed E-state index contributed by atoms with van der Waals surface area (Å²) in [6.07, 6.45) is 0.649. The Kier molecular flexibility index (Phi) is 4.57. The van der Waals surface area contributed by atoms with Crippen LogP contribution in [0.25, 0.3) is 0 Å². The van der Waals surface area contributed by atoms with E-state index in [2.05, 4.69) is 10.3 Å². The predicted octanol–water partition coefficient (Wildman–Crippen LogP) is 4.34. The molecular weight excluding hydrogens is 302 g/mol. The van der Waals surface area contributed by atoms with Gasteiger partial charge in [-0.1, -0.05) is 30.1 Å². The highest BCUT2D eigenvalue weighted by molar-refractivity contribution is 6.30. The molecule has 0 unspecified atom stereocenters. The van der Waals surface area contributed by atoms with Gasteiger partial charge in [-0.3, -0.25) is 4.79 Å². The van der Waals surface area contributed by atoms with Crippen LogP contribution in [0, 0.1) is 5.82 Å². The molecule has 104 valence electrons. The molecule has 0 radical (unpaired) electrons. The quantitative estimate of drug-likeness (QED) is 0.856. The van der Waals surface area contributed by atoms with Crippen LogP contribution in [-0.2, 0) is 6.42 Å². The molecule has 0 saturated heterocycles. The van der Waals surface area contributed by atoms with Crippen molar-refractivity contribution < 1.29 is 9.18 Å². The van der Waals surface area contributed by atoms with Crippen LogP contribution in [0.4, 0.5) is 10.1 Å². The van der Waals surface area contributed by atoms with Crippen molar-refractivity contribution in [2.24, 2.45) is 0 Å². The molecule has 0 aliphatic carbocycles. The lowest BCUT2D eigenvalue weighted by Crippen LogP contribution is -2.13. The minimum absolute atomic E-state index is 0.0605. The van der Waals surface area contributed by atoms with Crippen LogP contribution in [0.15, 0.2) is 30.3 Å². The van der Waals surface area contributed by atoms with E-state index in [1.807, 2.05) is 6.92 Å². The number of nitrogens with one attached hydrogen (secondary N) is 1. The summed E-state index contributed by atoms with van der Waals surface area (Å²) in [5, 5.41) is 2.97. The fourth-order valence-corrected chi connectivity index (χ4v) is 2.03. The molecule has 2 rings (SSSR count). The van der Waals surface area contributed by atoms with E-state index in [0.29, 0.717) is 17.7 Å². The lowest BCUT2D eigenvalue weighted by molar-refractivity contribution is 0.102. The molecule has 20 heavy (non-hydrogen) atoms. The molecule has 0 aliphatic rings. The number of aryl methyl sites for hydroxylation is 1. The second-order valence-electron chi connectivity index (χ2n) is 4.10. The van der Waals surface area contributed by atoms with Crippen LogP contribution in [-0.4, -0.2) is 10.9 Å². The van der Waals surface area contributed by atoms with Crippen LogP contribution in [0.3, 0.4) is 0 Å². The van der Waals surface area contributed by atoms with Gasteiger partial charge in [0.1, 0.15) is 11.0 Å². The number of nitrogens with zero attached hydrogens (tertiary/aromatic N) is 1. The van der Waals surface area contributed by atoms with Gasteiger partial charge in [0.25, 0.3) is 5.91 Å². The van der Waals surface area contributed by atoms with Crippen molar-refractivity contribution in [3.05, 3.63) is 57.6 Å². The second-order valence-corrected chi connectivity index (χ2v) is 4.93. The number of aromatic nitrogens is 1. The van der Waals surface area contributed by atoms with Crippen LogP contribution >= 0.6 is 23.2 Å². The molecule has 2 aromatic rings.